The second-order valence-corrected chi connectivity index (χ2v) is 7.52. The number of carbonyl (C=O) groups is 2. The van der Waals surface area contributed by atoms with Gasteiger partial charge in [-0.25, -0.2) is 0 Å². The Bertz CT molecular complexity index is 960. The second kappa shape index (κ2) is 7.89. The number of carbonyl (C=O) groups excluding carboxylic acids is 2. The van der Waals surface area contributed by atoms with Gasteiger partial charge in [-0.3, -0.25) is 14.5 Å². The molecule has 3 rings (SSSR count). The molecule has 1 aliphatic heterocycles. The molecule has 0 saturated carbocycles. The molecular formula is C23H26N2O3. The van der Waals surface area contributed by atoms with Crippen LogP contribution in [0.3, 0.4) is 0 Å². The molecule has 2 aromatic carbocycles. The van der Waals surface area contributed by atoms with Crippen LogP contribution in [0.15, 0.2) is 48.2 Å². The number of imide groups is 1. The van der Waals surface area contributed by atoms with Crippen LogP contribution in [-0.4, -0.2) is 30.4 Å². The van der Waals surface area contributed by atoms with Gasteiger partial charge in [-0.1, -0.05) is 38.1 Å². The molecule has 5 nitrogen and oxygen atoms in total. The van der Waals surface area contributed by atoms with Gasteiger partial charge in [-0.2, -0.15) is 0 Å². The maximum Gasteiger partial charge on any atom is 0.278 e. The lowest BCUT2D eigenvalue weighted by Crippen LogP contribution is -2.35. The van der Waals surface area contributed by atoms with Gasteiger partial charge in [0.1, 0.15) is 11.4 Å². The fourth-order valence-corrected chi connectivity index (χ4v) is 3.23. The first-order valence-corrected chi connectivity index (χ1v) is 9.41. The number of ether oxygens (including phenoxy) is 1. The van der Waals surface area contributed by atoms with Crippen molar-refractivity contribution in [2.75, 3.05) is 19.0 Å². The summed E-state index contributed by atoms with van der Waals surface area (Å²) >= 11 is 0. The number of benzene rings is 2. The molecule has 2 amide bonds. The molecule has 0 spiro atoms. The van der Waals surface area contributed by atoms with E-state index in [1.807, 2.05) is 64.1 Å². The SMILES string of the molecule is COc1cccc(NC2=C(c3ccc(C)c(C)c3)C(=O)N(CC(C)C)C2=O)c1. The first-order valence-electron chi connectivity index (χ1n) is 9.41. The summed E-state index contributed by atoms with van der Waals surface area (Å²) in [6, 6.07) is 13.1. The van der Waals surface area contributed by atoms with Crippen molar-refractivity contribution in [3.8, 4) is 5.75 Å². The van der Waals surface area contributed by atoms with Crippen molar-refractivity contribution in [1.29, 1.82) is 0 Å². The lowest BCUT2D eigenvalue weighted by Gasteiger charge is -2.17. The lowest BCUT2D eigenvalue weighted by molar-refractivity contribution is -0.137. The molecule has 0 saturated heterocycles. The van der Waals surface area contributed by atoms with E-state index in [0.29, 0.717) is 29.3 Å². The molecule has 5 heteroatoms. The predicted octanol–water partition coefficient (Wildman–Crippen LogP) is 4.16. The predicted molar refractivity (Wildman–Crippen MR) is 111 cm³/mol. The number of anilines is 1. The van der Waals surface area contributed by atoms with Gasteiger partial charge in [-0.05, 0) is 48.6 Å². The van der Waals surface area contributed by atoms with E-state index >= 15 is 0 Å². The molecule has 28 heavy (non-hydrogen) atoms. The van der Waals surface area contributed by atoms with Gasteiger partial charge in [0, 0.05) is 18.3 Å². The van der Waals surface area contributed by atoms with Gasteiger partial charge in [0.25, 0.3) is 11.8 Å². The molecule has 0 bridgehead atoms. The summed E-state index contributed by atoms with van der Waals surface area (Å²) in [4.78, 5) is 27.6. The van der Waals surface area contributed by atoms with Crippen molar-refractivity contribution in [1.82, 2.24) is 4.90 Å². The Labute approximate surface area is 166 Å². The maximum atomic E-state index is 13.2. The fraction of sp³-hybridized carbons (Fsp3) is 0.304. The Kier molecular flexibility index (Phi) is 5.54. The third kappa shape index (κ3) is 3.79. The zero-order valence-electron chi connectivity index (χ0n) is 17.0. The van der Waals surface area contributed by atoms with Crippen LogP contribution in [0.2, 0.25) is 0 Å². The second-order valence-electron chi connectivity index (χ2n) is 7.52. The van der Waals surface area contributed by atoms with Crippen molar-refractivity contribution in [3.05, 3.63) is 64.9 Å². The summed E-state index contributed by atoms with van der Waals surface area (Å²) in [5.41, 5.74) is 4.39. The summed E-state index contributed by atoms with van der Waals surface area (Å²) < 4.78 is 5.26. The fourth-order valence-electron chi connectivity index (χ4n) is 3.23. The first-order chi connectivity index (χ1) is 13.3. The van der Waals surface area contributed by atoms with Crippen molar-refractivity contribution >= 4 is 23.1 Å². The Morgan fingerprint density at radius 3 is 2.39 bits per heavy atom. The molecule has 0 aliphatic carbocycles. The number of hydrogen-bond donors (Lipinski definition) is 1. The highest BCUT2D eigenvalue weighted by Gasteiger charge is 2.39. The van der Waals surface area contributed by atoms with Gasteiger partial charge in [0.15, 0.2) is 0 Å². The van der Waals surface area contributed by atoms with E-state index in [2.05, 4.69) is 5.32 Å². The van der Waals surface area contributed by atoms with Crippen LogP contribution in [-0.2, 0) is 9.59 Å². The van der Waals surface area contributed by atoms with E-state index in [1.54, 1.807) is 13.2 Å². The molecule has 1 heterocycles. The number of nitrogens with zero attached hydrogens (tertiary/aromatic N) is 1. The van der Waals surface area contributed by atoms with E-state index < -0.39 is 0 Å². The normalized spacial score (nSPS) is 14.3. The van der Waals surface area contributed by atoms with Crippen LogP contribution in [0, 0.1) is 19.8 Å². The summed E-state index contributed by atoms with van der Waals surface area (Å²) in [5.74, 6) is 0.307. The third-order valence-corrected chi connectivity index (χ3v) is 4.85. The molecule has 1 aliphatic rings. The average Bonchev–Trinajstić information content (AvgIpc) is 2.88. The van der Waals surface area contributed by atoms with E-state index in [1.165, 1.54) is 4.90 Å². The summed E-state index contributed by atoms with van der Waals surface area (Å²) in [5, 5.41) is 3.17. The topological polar surface area (TPSA) is 58.6 Å². The van der Waals surface area contributed by atoms with Gasteiger partial charge in [0.2, 0.25) is 0 Å². The highest BCUT2D eigenvalue weighted by molar-refractivity contribution is 6.36. The highest BCUT2D eigenvalue weighted by Crippen LogP contribution is 2.32. The zero-order valence-corrected chi connectivity index (χ0v) is 17.0. The van der Waals surface area contributed by atoms with Crippen molar-refractivity contribution in [2.45, 2.75) is 27.7 Å². The van der Waals surface area contributed by atoms with Gasteiger partial charge in [-0.15, -0.1) is 0 Å². The molecule has 0 unspecified atom stereocenters. The van der Waals surface area contributed by atoms with E-state index in [9.17, 15) is 9.59 Å². The van der Waals surface area contributed by atoms with Gasteiger partial charge >= 0.3 is 0 Å². The van der Waals surface area contributed by atoms with Crippen LogP contribution < -0.4 is 10.1 Å². The highest BCUT2D eigenvalue weighted by atomic mass is 16.5. The average molecular weight is 378 g/mol. The largest absolute Gasteiger partial charge is 0.497 e. The van der Waals surface area contributed by atoms with Gasteiger partial charge in [0.05, 0.1) is 12.7 Å². The summed E-state index contributed by atoms with van der Waals surface area (Å²) in [6.45, 7) is 8.39. The number of hydrogen-bond acceptors (Lipinski definition) is 4. The standard InChI is InChI=1S/C23H26N2O3/c1-14(2)13-25-22(26)20(17-10-9-15(3)16(4)11-17)21(23(25)27)24-18-7-6-8-19(12-18)28-5/h6-12,14,24H,13H2,1-5H3. The van der Waals surface area contributed by atoms with E-state index in [0.717, 1.165) is 16.7 Å². The Hall–Kier alpha value is -3.08. The Balaban J connectivity index is 2.09. The minimum atomic E-state index is -0.297. The molecular weight excluding hydrogens is 352 g/mol. The zero-order chi connectivity index (χ0) is 20.4. The number of rotatable bonds is 6. The molecule has 146 valence electrons. The van der Waals surface area contributed by atoms with Crippen LogP contribution >= 0.6 is 0 Å². The number of methoxy groups -OCH3 is 1. The first kappa shape index (κ1) is 19.7. The monoisotopic (exact) mass is 378 g/mol. The lowest BCUT2D eigenvalue weighted by atomic mass is 9.99. The van der Waals surface area contributed by atoms with Crippen molar-refractivity contribution in [2.24, 2.45) is 5.92 Å². The Morgan fingerprint density at radius 2 is 1.75 bits per heavy atom. The molecule has 0 fully saturated rings. The van der Waals surface area contributed by atoms with Crippen LogP contribution in [0.1, 0.15) is 30.5 Å². The smallest absolute Gasteiger partial charge is 0.278 e. The molecule has 0 atom stereocenters. The van der Waals surface area contributed by atoms with E-state index in [-0.39, 0.29) is 17.7 Å². The minimum Gasteiger partial charge on any atom is -0.497 e. The molecule has 2 aromatic rings. The summed E-state index contributed by atoms with van der Waals surface area (Å²) in [7, 11) is 1.59. The van der Waals surface area contributed by atoms with Crippen molar-refractivity contribution < 1.29 is 14.3 Å². The number of amides is 2. The Morgan fingerprint density at radius 1 is 1.00 bits per heavy atom. The quantitative estimate of drug-likeness (QED) is 0.767. The number of nitrogens with one attached hydrogen (secondary N) is 1. The number of aryl methyl sites for hydroxylation is 2. The van der Waals surface area contributed by atoms with Crippen LogP contribution in [0.5, 0.6) is 5.75 Å². The maximum absolute atomic E-state index is 13.2. The minimum absolute atomic E-state index is 0.185. The van der Waals surface area contributed by atoms with Crippen molar-refractivity contribution in [3.63, 3.8) is 0 Å². The summed E-state index contributed by atoms with van der Waals surface area (Å²) in [6.07, 6.45) is 0. The van der Waals surface area contributed by atoms with Crippen LogP contribution in [0.25, 0.3) is 5.57 Å². The molecule has 1 N–H and O–H groups in total. The molecule has 0 radical (unpaired) electrons. The van der Waals surface area contributed by atoms with E-state index in [4.69, 9.17) is 4.74 Å². The van der Waals surface area contributed by atoms with Gasteiger partial charge < -0.3 is 10.1 Å². The van der Waals surface area contributed by atoms with Crippen LogP contribution in [0.4, 0.5) is 5.69 Å². The molecule has 0 aromatic heterocycles. The third-order valence-electron chi connectivity index (χ3n) is 4.85.